The Balaban J connectivity index is 1.71. The number of sulfonamides is 1. The van der Waals surface area contributed by atoms with Crippen LogP contribution in [0.4, 0.5) is 11.4 Å². The van der Waals surface area contributed by atoms with Crippen LogP contribution < -0.4 is 14.4 Å². The molecule has 138 valence electrons. The van der Waals surface area contributed by atoms with Gasteiger partial charge in [0.05, 0.1) is 17.7 Å². The normalized spacial score (nSPS) is 15.6. The van der Waals surface area contributed by atoms with E-state index in [0.717, 1.165) is 5.39 Å². The van der Waals surface area contributed by atoms with Crippen molar-refractivity contribution in [2.75, 3.05) is 16.7 Å². The summed E-state index contributed by atoms with van der Waals surface area (Å²) in [5.41, 5.74) is 1.06. The summed E-state index contributed by atoms with van der Waals surface area (Å²) in [7, 11) is -2.26. The van der Waals surface area contributed by atoms with E-state index in [9.17, 15) is 13.2 Å². The topological polar surface area (TPSA) is 75.7 Å². The highest BCUT2D eigenvalue weighted by molar-refractivity contribution is 7.93. The summed E-state index contributed by atoms with van der Waals surface area (Å²) in [5, 5.41) is 4.25. The molecule has 3 aromatic rings. The number of carbonyl (C=O) groups excluding carboxylic acids is 1. The molecule has 0 spiro atoms. The van der Waals surface area contributed by atoms with Crippen molar-refractivity contribution in [3.05, 3.63) is 60.7 Å². The molecule has 1 amide bonds. The molecular formula is C20H18N2O4S. The molecule has 27 heavy (non-hydrogen) atoms. The second-order valence-corrected chi connectivity index (χ2v) is 8.11. The van der Waals surface area contributed by atoms with E-state index in [0.29, 0.717) is 22.5 Å². The minimum atomic E-state index is -3.80. The highest BCUT2D eigenvalue weighted by Gasteiger charge is 2.40. The number of hydrogen-bond donors (Lipinski definition) is 1. The van der Waals surface area contributed by atoms with Gasteiger partial charge in [-0.15, -0.1) is 0 Å². The van der Waals surface area contributed by atoms with Gasteiger partial charge in [-0.2, -0.15) is 0 Å². The fraction of sp³-hybridized carbons (Fsp3) is 0.150. The van der Waals surface area contributed by atoms with Gasteiger partial charge in [0.25, 0.3) is 10.0 Å². The molecule has 4 rings (SSSR count). The van der Waals surface area contributed by atoms with Crippen LogP contribution in [0.15, 0.2) is 65.6 Å². The Kier molecular flexibility index (Phi) is 4.04. The zero-order valence-electron chi connectivity index (χ0n) is 14.8. The van der Waals surface area contributed by atoms with Crippen molar-refractivity contribution in [3.63, 3.8) is 0 Å². The monoisotopic (exact) mass is 382 g/mol. The van der Waals surface area contributed by atoms with E-state index >= 15 is 0 Å². The first-order valence-corrected chi connectivity index (χ1v) is 9.88. The maximum atomic E-state index is 13.1. The number of ether oxygens (including phenoxy) is 1. The van der Waals surface area contributed by atoms with E-state index in [1.54, 1.807) is 55.5 Å². The SMILES string of the molecule is COc1cccc(NC(=O)[C@H](C)N2c3cccc4cccc(c34)S2(=O)=O)c1. The molecular weight excluding hydrogens is 364 g/mol. The fourth-order valence-electron chi connectivity index (χ4n) is 3.39. The molecule has 1 aliphatic heterocycles. The molecule has 7 heteroatoms. The lowest BCUT2D eigenvalue weighted by molar-refractivity contribution is -0.116. The van der Waals surface area contributed by atoms with Crippen LogP contribution in [-0.4, -0.2) is 27.5 Å². The third-order valence-electron chi connectivity index (χ3n) is 4.69. The molecule has 1 atom stereocenters. The van der Waals surface area contributed by atoms with Crippen molar-refractivity contribution in [1.29, 1.82) is 0 Å². The number of carbonyl (C=O) groups is 1. The molecule has 3 aromatic carbocycles. The van der Waals surface area contributed by atoms with Gasteiger partial charge in [-0.05, 0) is 36.6 Å². The molecule has 0 bridgehead atoms. The maximum absolute atomic E-state index is 13.1. The Bertz CT molecular complexity index is 1150. The Morgan fingerprint density at radius 3 is 2.52 bits per heavy atom. The number of hydrogen-bond acceptors (Lipinski definition) is 4. The first-order valence-electron chi connectivity index (χ1n) is 8.44. The lowest BCUT2D eigenvalue weighted by Gasteiger charge is -2.25. The summed E-state index contributed by atoms with van der Waals surface area (Å²) in [4.78, 5) is 13.0. The molecule has 0 aromatic heterocycles. The van der Waals surface area contributed by atoms with Gasteiger partial charge >= 0.3 is 0 Å². The number of nitrogens with zero attached hydrogens (tertiary/aromatic N) is 1. The van der Waals surface area contributed by atoms with Crippen LogP contribution in [0.1, 0.15) is 6.92 Å². The molecule has 0 saturated heterocycles. The number of anilines is 2. The van der Waals surface area contributed by atoms with Crippen molar-refractivity contribution in [2.24, 2.45) is 0 Å². The third kappa shape index (κ3) is 2.71. The highest BCUT2D eigenvalue weighted by atomic mass is 32.2. The molecule has 1 aliphatic rings. The summed E-state index contributed by atoms with van der Waals surface area (Å²) < 4.78 is 32.5. The molecule has 1 N–H and O–H groups in total. The summed E-state index contributed by atoms with van der Waals surface area (Å²) in [5.74, 6) is 0.183. The van der Waals surface area contributed by atoms with Gasteiger partial charge in [-0.25, -0.2) is 8.42 Å². The molecule has 0 fully saturated rings. The third-order valence-corrected chi connectivity index (χ3v) is 6.61. The van der Waals surface area contributed by atoms with Gasteiger partial charge < -0.3 is 10.1 Å². The Labute approximate surface area is 157 Å². The fourth-order valence-corrected chi connectivity index (χ4v) is 5.26. The van der Waals surface area contributed by atoms with Gasteiger partial charge in [0, 0.05) is 17.1 Å². The second kappa shape index (κ2) is 6.28. The summed E-state index contributed by atoms with van der Waals surface area (Å²) in [6, 6.07) is 16.5. The van der Waals surface area contributed by atoms with Crippen LogP contribution in [-0.2, 0) is 14.8 Å². The summed E-state index contributed by atoms with van der Waals surface area (Å²) in [6.07, 6.45) is 0. The van der Waals surface area contributed by atoms with Gasteiger partial charge in [-0.3, -0.25) is 9.10 Å². The minimum Gasteiger partial charge on any atom is -0.497 e. The molecule has 0 unspecified atom stereocenters. The van der Waals surface area contributed by atoms with Crippen LogP contribution in [0.3, 0.4) is 0 Å². The van der Waals surface area contributed by atoms with Crippen molar-refractivity contribution in [3.8, 4) is 5.75 Å². The minimum absolute atomic E-state index is 0.233. The first-order chi connectivity index (χ1) is 12.9. The van der Waals surface area contributed by atoms with Crippen LogP contribution in [0.5, 0.6) is 5.75 Å². The van der Waals surface area contributed by atoms with Crippen LogP contribution >= 0.6 is 0 Å². The zero-order valence-corrected chi connectivity index (χ0v) is 15.7. The lowest BCUT2D eigenvalue weighted by atomic mass is 10.1. The summed E-state index contributed by atoms with van der Waals surface area (Å²) >= 11 is 0. The summed E-state index contributed by atoms with van der Waals surface area (Å²) in [6.45, 7) is 1.58. The van der Waals surface area contributed by atoms with Crippen molar-refractivity contribution >= 4 is 38.1 Å². The molecule has 0 radical (unpaired) electrons. The van der Waals surface area contributed by atoms with Gasteiger partial charge in [0.1, 0.15) is 11.8 Å². The van der Waals surface area contributed by atoms with E-state index in [2.05, 4.69) is 5.32 Å². The van der Waals surface area contributed by atoms with E-state index < -0.39 is 22.0 Å². The average molecular weight is 382 g/mol. The number of rotatable bonds is 4. The Morgan fingerprint density at radius 2 is 1.78 bits per heavy atom. The van der Waals surface area contributed by atoms with Crippen molar-refractivity contribution in [2.45, 2.75) is 17.9 Å². The quantitative estimate of drug-likeness (QED) is 0.751. The number of methoxy groups -OCH3 is 1. The predicted molar refractivity (Wildman–Crippen MR) is 105 cm³/mol. The predicted octanol–water partition coefficient (Wildman–Crippen LogP) is 3.38. The standard InChI is InChI=1S/C20H18N2O4S/c1-13(20(23)21-15-8-5-9-16(12-15)26-2)22-17-10-3-6-14-7-4-11-18(19(14)17)27(22,24)25/h3-13H,1-2H3,(H,21,23)/t13-/m0/s1. The molecule has 6 nitrogen and oxygen atoms in total. The van der Waals surface area contributed by atoms with Crippen LogP contribution in [0, 0.1) is 0 Å². The molecule has 1 heterocycles. The average Bonchev–Trinajstić information content (AvgIpc) is 2.90. The van der Waals surface area contributed by atoms with E-state index in [1.165, 1.54) is 11.4 Å². The van der Waals surface area contributed by atoms with Gasteiger partial charge in [0.2, 0.25) is 5.91 Å². The lowest BCUT2D eigenvalue weighted by Crippen LogP contribution is -2.43. The van der Waals surface area contributed by atoms with E-state index in [-0.39, 0.29) is 4.90 Å². The van der Waals surface area contributed by atoms with Gasteiger partial charge in [0.15, 0.2) is 0 Å². The Morgan fingerprint density at radius 1 is 1.07 bits per heavy atom. The zero-order chi connectivity index (χ0) is 19.2. The van der Waals surface area contributed by atoms with E-state index in [1.807, 2.05) is 12.1 Å². The van der Waals surface area contributed by atoms with Crippen LogP contribution in [0.25, 0.3) is 10.8 Å². The number of amides is 1. The van der Waals surface area contributed by atoms with Crippen molar-refractivity contribution in [1.82, 2.24) is 0 Å². The van der Waals surface area contributed by atoms with E-state index in [4.69, 9.17) is 4.74 Å². The molecule has 0 aliphatic carbocycles. The first kappa shape index (κ1) is 17.4. The number of nitrogens with one attached hydrogen (secondary N) is 1. The van der Waals surface area contributed by atoms with Gasteiger partial charge in [-0.1, -0.05) is 30.3 Å². The van der Waals surface area contributed by atoms with Crippen LogP contribution in [0.2, 0.25) is 0 Å². The Hall–Kier alpha value is -3.06. The molecule has 0 saturated carbocycles. The maximum Gasteiger partial charge on any atom is 0.265 e. The smallest absolute Gasteiger partial charge is 0.265 e. The second-order valence-electron chi connectivity index (χ2n) is 6.33. The highest BCUT2D eigenvalue weighted by Crippen LogP contribution is 2.43. The largest absolute Gasteiger partial charge is 0.497 e. The number of benzene rings is 3. The van der Waals surface area contributed by atoms with Crippen molar-refractivity contribution < 1.29 is 17.9 Å².